The quantitative estimate of drug-likeness (QED) is 0.567. The standard InChI is InChI=1S/C8H21O3PSi2/c1-5-13(6-2)10-12(9)11-14(13,7-3)8-4/h12H,5-8H2,1-4H3. The van der Waals surface area contributed by atoms with Crippen LogP contribution in [0.1, 0.15) is 27.7 Å². The normalized spacial score (nSPS) is 25.4. The molecule has 0 atom stereocenters. The fraction of sp³-hybridized carbons (Fsp3) is 1.00. The van der Waals surface area contributed by atoms with Crippen molar-refractivity contribution in [2.45, 2.75) is 51.9 Å². The third-order valence-corrected chi connectivity index (χ3v) is 25.4. The molecule has 3 nitrogen and oxygen atoms in total. The van der Waals surface area contributed by atoms with Gasteiger partial charge in [-0.05, 0) is 24.2 Å². The molecule has 0 aromatic rings. The van der Waals surface area contributed by atoms with Gasteiger partial charge in [0.2, 0.25) is 15.7 Å². The molecule has 1 aliphatic rings. The van der Waals surface area contributed by atoms with Gasteiger partial charge in [-0.15, -0.1) is 0 Å². The van der Waals surface area contributed by atoms with Crippen LogP contribution >= 0.6 is 8.25 Å². The predicted molar refractivity (Wildman–Crippen MR) is 64.6 cm³/mol. The lowest BCUT2D eigenvalue weighted by Gasteiger charge is -2.35. The molecule has 1 saturated heterocycles. The summed E-state index contributed by atoms with van der Waals surface area (Å²) in [6, 6.07) is 4.25. The van der Waals surface area contributed by atoms with Crippen molar-refractivity contribution in [1.82, 2.24) is 0 Å². The summed E-state index contributed by atoms with van der Waals surface area (Å²) >= 11 is 0. The van der Waals surface area contributed by atoms with Crippen LogP contribution in [0, 0.1) is 0 Å². The Labute approximate surface area is 89.2 Å². The monoisotopic (exact) mass is 252 g/mol. The molecule has 6 heteroatoms. The SMILES string of the molecule is CC[Si]1(CC)O[PH](=O)O[Si]1(CC)CC. The van der Waals surface area contributed by atoms with E-state index in [-0.39, 0.29) is 0 Å². The second kappa shape index (κ2) is 4.62. The van der Waals surface area contributed by atoms with Gasteiger partial charge in [0.1, 0.15) is 0 Å². The van der Waals surface area contributed by atoms with Gasteiger partial charge >= 0.3 is 0 Å². The Morgan fingerprint density at radius 2 is 1.14 bits per heavy atom. The Morgan fingerprint density at radius 3 is 1.36 bits per heavy atom. The summed E-state index contributed by atoms with van der Waals surface area (Å²) in [7, 11) is -5.69. The second-order valence-electron chi connectivity index (χ2n) is 3.86. The molecule has 1 aliphatic heterocycles. The van der Waals surface area contributed by atoms with E-state index >= 15 is 0 Å². The third-order valence-electron chi connectivity index (χ3n) is 3.67. The van der Waals surface area contributed by atoms with E-state index in [2.05, 4.69) is 27.7 Å². The van der Waals surface area contributed by atoms with Crippen LogP contribution in [0.25, 0.3) is 0 Å². The average molecular weight is 252 g/mol. The maximum atomic E-state index is 11.5. The first kappa shape index (κ1) is 12.7. The van der Waals surface area contributed by atoms with Crippen LogP contribution in [0.3, 0.4) is 0 Å². The molecule has 0 bridgehead atoms. The van der Waals surface area contributed by atoms with E-state index in [9.17, 15) is 4.57 Å². The lowest BCUT2D eigenvalue weighted by atomic mass is 10.9. The molecule has 0 unspecified atom stereocenters. The van der Waals surface area contributed by atoms with Gasteiger partial charge in [-0.1, -0.05) is 27.7 Å². The Kier molecular flexibility index (Phi) is 4.17. The largest absolute Gasteiger partial charge is 0.353 e. The first-order valence-corrected chi connectivity index (χ1v) is 12.4. The summed E-state index contributed by atoms with van der Waals surface area (Å²) in [5.74, 6) is 0. The molecule has 0 spiro atoms. The first-order valence-electron chi connectivity index (χ1n) is 5.51. The molecule has 0 N–H and O–H groups in total. The summed E-state index contributed by atoms with van der Waals surface area (Å²) in [6.07, 6.45) is 0. The summed E-state index contributed by atoms with van der Waals surface area (Å²) in [5, 5.41) is 0. The molecule has 0 radical (unpaired) electrons. The Balaban J connectivity index is 3.06. The molecule has 0 saturated carbocycles. The number of hydrogen-bond acceptors (Lipinski definition) is 3. The highest BCUT2D eigenvalue weighted by atomic mass is 31.1. The van der Waals surface area contributed by atoms with Gasteiger partial charge in [-0.25, -0.2) is 0 Å². The fourth-order valence-corrected chi connectivity index (χ4v) is 25.7. The predicted octanol–water partition coefficient (Wildman–Crippen LogP) is 3.47. The van der Waals surface area contributed by atoms with Gasteiger partial charge < -0.3 is 8.43 Å². The minimum Gasteiger partial charge on any atom is -0.353 e. The summed E-state index contributed by atoms with van der Waals surface area (Å²) < 4.78 is 23.1. The van der Waals surface area contributed by atoms with Crippen molar-refractivity contribution in [2.75, 3.05) is 0 Å². The van der Waals surface area contributed by atoms with Crippen LogP contribution in [0.15, 0.2) is 0 Å². The van der Waals surface area contributed by atoms with Crippen molar-refractivity contribution in [3.8, 4) is 0 Å². The zero-order valence-corrected chi connectivity index (χ0v) is 12.6. The molecule has 0 aliphatic carbocycles. The lowest BCUT2D eigenvalue weighted by molar-refractivity contribution is 0.443. The first-order chi connectivity index (χ1) is 6.59. The summed E-state index contributed by atoms with van der Waals surface area (Å²) in [6.45, 7) is 8.69. The zero-order chi connectivity index (χ0) is 10.8. The van der Waals surface area contributed by atoms with Crippen LogP contribution in [0.2, 0.25) is 24.2 Å². The highest BCUT2D eigenvalue weighted by Crippen LogP contribution is 2.52. The number of rotatable bonds is 4. The van der Waals surface area contributed by atoms with Gasteiger partial charge in [0.15, 0.2) is 0 Å². The van der Waals surface area contributed by atoms with Gasteiger partial charge in [0, 0.05) is 0 Å². The molecule has 84 valence electrons. The van der Waals surface area contributed by atoms with Gasteiger partial charge in [0.05, 0.1) is 0 Å². The van der Waals surface area contributed by atoms with Crippen molar-refractivity contribution in [3.63, 3.8) is 0 Å². The summed E-state index contributed by atoms with van der Waals surface area (Å²) in [4.78, 5) is 0. The highest BCUT2D eigenvalue weighted by Gasteiger charge is 2.61. The minimum atomic E-state index is -2.14. The van der Waals surface area contributed by atoms with Crippen LogP contribution in [0.4, 0.5) is 0 Å². The Bertz CT molecular complexity index is 205. The van der Waals surface area contributed by atoms with E-state index in [1.54, 1.807) is 0 Å². The maximum Gasteiger partial charge on any atom is 0.299 e. The van der Waals surface area contributed by atoms with E-state index in [0.717, 1.165) is 24.2 Å². The molecule has 1 heterocycles. The van der Waals surface area contributed by atoms with Crippen LogP contribution < -0.4 is 0 Å². The van der Waals surface area contributed by atoms with E-state index in [4.69, 9.17) is 8.43 Å². The molecular formula is C8H21O3PSi2. The second-order valence-corrected chi connectivity index (χ2v) is 18.3. The van der Waals surface area contributed by atoms with Crippen molar-refractivity contribution in [1.29, 1.82) is 0 Å². The smallest absolute Gasteiger partial charge is 0.299 e. The third kappa shape index (κ3) is 1.69. The van der Waals surface area contributed by atoms with Crippen molar-refractivity contribution in [2.24, 2.45) is 0 Å². The molecule has 1 rings (SSSR count). The van der Waals surface area contributed by atoms with Gasteiger partial charge in [-0.3, -0.25) is 4.57 Å². The number of hydrogen-bond donors (Lipinski definition) is 0. The van der Waals surface area contributed by atoms with Crippen molar-refractivity contribution >= 4 is 23.9 Å². The highest BCUT2D eigenvalue weighted by molar-refractivity contribution is 7.54. The van der Waals surface area contributed by atoms with Crippen LogP contribution in [0.5, 0.6) is 0 Å². The van der Waals surface area contributed by atoms with E-state index in [1.807, 2.05) is 0 Å². The van der Waals surface area contributed by atoms with Crippen LogP contribution in [-0.4, -0.2) is 15.7 Å². The van der Waals surface area contributed by atoms with E-state index < -0.39 is 23.9 Å². The zero-order valence-electron chi connectivity index (χ0n) is 9.55. The fourth-order valence-electron chi connectivity index (χ4n) is 2.60. The van der Waals surface area contributed by atoms with E-state index in [0.29, 0.717) is 0 Å². The molecule has 0 aromatic carbocycles. The minimum absolute atomic E-state index is 1.06. The van der Waals surface area contributed by atoms with Gasteiger partial charge in [-0.2, -0.15) is 0 Å². The average Bonchev–Trinajstić information content (AvgIpc) is 2.51. The van der Waals surface area contributed by atoms with Crippen LogP contribution in [-0.2, 0) is 13.0 Å². The molecular weight excluding hydrogens is 231 g/mol. The summed E-state index contributed by atoms with van der Waals surface area (Å²) in [5.41, 5.74) is 0. The lowest BCUT2D eigenvalue weighted by Crippen LogP contribution is -2.59. The van der Waals surface area contributed by atoms with Crippen molar-refractivity contribution in [3.05, 3.63) is 0 Å². The molecule has 1 fully saturated rings. The Hall–Kier alpha value is 0.584. The van der Waals surface area contributed by atoms with E-state index in [1.165, 1.54) is 0 Å². The maximum absolute atomic E-state index is 11.5. The molecule has 14 heavy (non-hydrogen) atoms. The molecule has 0 aromatic heterocycles. The Morgan fingerprint density at radius 1 is 0.857 bits per heavy atom. The topological polar surface area (TPSA) is 35.5 Å². The molecule has 0 amide bonds. The van der Waals surface area contributed by atoms with Crippen molar-refractivity contribution < 1.29 is 13.0 Å². The van der Waals surface area contributed by atoms with Gasteiger partial charge in [0.25, 0.3) is 8.25 Å².